The molecule has 0 atom stereocenters. The first-order valence-corrected chi connectivity index (χ1v) is 5.79. The first-order chi connectivity index (χ1) is 8.00. The molecule has 0 spiro atoms. The van der Waals surface area contributed by atoms with Crippen LogP contribution in [-0.2, 0) is 4.79 Å². The van der Waals surface area contributed by atoms with Crippen molar-refractivity contribution in [2.24, 2.45) is 5.41 Å². The van der Waals surface area contributed by atoms with Gasteiger partial charge in [0.25, 0.3) is 0 Å². The zero-order chi connectivity index (χ0) is 12.5. The second-order valence-electron chi connectivity index (χ2n) is 5.39. The molecule has 0 aromatic heterocycles. The number of aldehydes is 1. The van der Waals surface area contributed by atoms with Gasteiger partial charge in [0, 0.05) is 12.0 Å². The molecule has 1 aromatic carbocycles. The third-order valence-electron chi connectivity index (χ3n) is 3.07. The minimum absolute atomic E-state index is 0.0322. The molecule has 0 saturated carbocycles. The first-order valence-electron chi connectivity index (χ1n) is 5.79. The van der Waals surface area contributed by atoms with E-state index in [-0.39, 0.29) is 11.2 Å². The van der Waals surface area contributed by atoms with Crippen LogP contribution in [0.5, 0.6) is 0 Å². The quantitative estimate of drug-likeness (QED) is 0.728. The molecule has 0 radical (unpaired) electrons. The maximum absolute atomic E-state index is 11.7. The summed E-state index contributed by atoms with van der Waals surface area (Å²) in [5, 5.41) is 0. The van der Waals surface area contributed by atoms with Crippen molar-refractivity contribution in [3.63, 3.8) is 0 Å². The van der Waals surface area contributed by atoms with E-state index in [9.17, 15) is 9.59 Å². The van der Waals surface area contributed by atoms with E-state index in [0.29, 0.717) is 12.0 Å². The first kappa shape index (κ1) is 11.8. The molecular weight excluding hydrogens is 212 g/mol. The normalized spacial score (nSPS) is 18.7. The highest BCUT2D eigenvalue weighted by Gasteiger charge is 2.27. The van der Waals surface area contributed by atoms with Crippen molar-refractivity contribution in [1.29, 1.82) is 0 Å². The van der Waals surface area contributed by atoms with E-state index < -0.39 is 0 Å². The van der Waals surface area contributed by atoms with Gasteiger partial charge in [-0.3, -0.25) is 9.59 Å². The minimum atomic E-state index is 0.0322. The van der Waals surface area contributed by atoms with Crippen molar-refractivity contribution in [3.05, 3.63) is 41.5 Å². The van der Waals surface area contributed by atoms with Crippen LogP contribution < -0.4 is 0 Å². The van der Waals surface area contributed by atoms with Gasteiger partial charge in [-0.05, 0) is 29.0 Å². The van der Waals surface area contributed by atoms with Crippen LogP contribution in [0.2, 0.25) is 0 Å². The summed E-state index contributed by atoms with van der Waals surface area (Å²) >= 11 is 0. The molecule has 17 heavy (non-hydrogen) atoms. The maximum atomic E-state index is 11.7. The Kier molecular flexibility index (Phi) is 2.97. The van der Waals surface area contributed by atoms with E-state index in [4.69, 9.17) is 0 Å². The van der Waals surface area contributed by atoms with E-state index >= 15 is 0 Å². The lowest BCUT2D eigenvalue weighted by atomic mass is 9.75. The Hall–Kier alpha value is -1.70. The lowest BCUT2D eigenvalue weighted by Crippen LogP contribution is -2.21. The average Bonchev–Trinajstić information content (AvgIpc) is 2.26. The third-order valence-corrected chi connectivity index (χ3v) is 3.07. The van der Waals surface area contributed by atoms with Crippen molar-refractivity contribution in [2.75, 3.05) is 0 Å². The van der Waals surface area contributed by atoms with Gasteiger partial charge >= 0.3 is 0 Å². The van der Waals surface area contributed by atoms with Crippen molar-refractivity contribution >= 4 is 17.6 Å². The molecule has 0 heterocycles. The molecule has 1 aliphatic rings. The number of rotatable bonds is 2. The summed E-state index contributed by atoms with van der Waals surface area (Å²) in [6.07, 6.45) is 4.08. The van der Waals surface area contributed by atoms with Crippen LogP contribution in [0.1, 0.15) is 42.6 Å². The Morgan fingerprint density at radius 3 is 2.29 bits per heavy atom. The average molecular weight is 228 g/mol. The molecule has 0 aliphatic heterocycles. The fourth-order valence-electron chi connectivity index (χ4n) is 2.31. The molecule has 88 valence electrons. The summed E-state index contributed by atoms with van der Waals surface area (Å²) in [6, 6.07) is 7.39. The van der Waals surface area contributed by atoms with E-state index in [0.717, 1.165) is 23.8 Å². The van der Waals surface area contributed by atoms with Gasteiger partial charge in [0.15, 0.2) is 5.78 Å². The number of hydrogen-bond acceptors (Lipinski definition) is 2. The van der Waals surface area contributed by atoms with Gasteiger partial charge in [0.1, 0.15) is 6.29 Å². The summed E-state index contributed by atoms with van der Waals surface area (Å²) in [5.74, 6) is 0.190. The van der Waals surface area contributed by atoms with Crippen LogP contribution in [0.25, 0.3) is 5.57 Å². The molecule has 2 nitrogen and oxygen atoms in total. The molecular formula is C15H16O2. The molecule has 0 bridgehead atoms. The predicted molar refractivity (Wildman–Crippen MR) is 67.8 cm³/mol. The number of benzene rings is 1. The molecule has 0 amide bonds. The Labute approximate surface area is 101 Å². The van der Waals surface area contributed by atoms with Crippen molar-refractivity contribution in [3.8, 4) is 0 Å². The SMILES string of the molecule is CC1(C)CC(=O)C=C(c2ccc(C=O)cc2)C1. The van der Waals surface area contributed by atoms with Gasteiger partial charge in [-0.15, -0.1) is 0 Å². The molecule has 0 N–H and O–H groups in total. The highest BCUT2D eigenvalue weighted by atomic mass is 16.1. The standard InChI is InChI=1S/C15H16O2/c1-15(2)8-13(7-14(17)9-15)12-5-3-11(10-16)4-6-12/h3-7,10H,8-9H2,1-2H3. The summed E-state index contributed by atoms with van der Waals surface area (Å²) in [4.78, 5) is 22.2. The highest BCUT2D eigenvalue weighted by Crippen LogP contribution is 2.37. The minimum Gasteiger partial charge on any atom is -0.298 e. The predicted octanol–water partition coefficient (Wildman–Crippen LogP) is 3.27. The van der Waals surface area contributed by atoms with Crippen LogP contribution in [0.3, 0.4) is 0 Å². The number of ketones is 1. The molecule has 0 saturated heterocycles. The van der Waals surface area contributed by atoms with Crippen LogP contribution in [0.15, 0.2) is 30.3 Å². The van der Waals surface area contributed by atoms with Crippen LogP contribution in [0, 0.1) is 5.41 Å². The van der Waals surface area contributed by atoms with Gasteiger partial charge in [-0.25, -0.2) is 0 Å². The molecule has 2 rings (SSSR count). The van der Waals surface area contributed by atoms with Gasteiger partial charge in [-0.1, -0.05) is 38.1 Å². The zero-order valence-electron chi connectivity index (χ0n) is 10.2. The van der Waals surface area contributed by atoms with Gasteiger partial charge in [0.2, 0.25) is 0 Å². The number of allylic oxidation sites excluding steroid dienone is 2. The topological polar surface area (TPSA) is 34.1 Å². The monoisotopic (exact) mass is 228 g/mol. The zero-order valence-corrected chi connectivity index (χ0v) is 10.2. The molecule has 1 aromatic rings. The Balaban J connectivity index is 2.32. The largest absolute Gasteiger partial charge is 0.298 e. The lowest BCUT2D eigenvalue weighted by molar-refractivity contribution is -0.116. The number of hydrogen-bond donors (Lipinski definition) is 0. The van der Waals surface area contributed by atoms with Gasteiger partial charge in [-0.2, -0.15) is 0 Å². The van der Waals surface area contributed by atoms with E-state index in [1.807, 2.05) is 12.1 Å². The fourth-order valence-corrected chi connectivity index (χ4v) is 2.31. The number of carbonyl (C=O) groups excluding carboxylic acids is 2. The van der Waals surface area contributed by atoms with Crippen LogP contribution in [-0.4, -0.2) is 12.1 Å². The summed E-state index contributed by atoms with van der Waals surface area (Å²) in [6.45, 7) is 4.22. The smallest absolute Gasteiger partial charge is 0.156 e. The Bertz CT molecular complexity index is 478. The third kappa shape index (κ3) is 2.70. The molecule has 0 fully saturated rings. The van der Waals surface area contributed by atoms with Crippen LogP contribution in [0.4, 0.5) is 0 Å². The maximum Gasteiger partial charge on any atom is 0.156 e. The Morgan fingerprint density at radius 2 is 1.76 bits per heavy atom. The second-order valence-corrected chi connectivity index (χ2v) is 5.39. The van der Waals surface area contributed by atoms with E-state index in [1.54, 1.807) is 18.2 Å². The van der Waals surface area contributed by atoms with Crippen molar-refractivity contribution in [1.82, 2.24) is 0 Å². The fraction of sp³-hybridized carbons (Fsp3) is 0.333. The Morgan fingerprint density at radius 1 is 1.12 bits per heavy atom. The summed E-state index contributed by atoms with van der Waals surface area (Å²) in [5.41, 5.74) is 2.81. The van der Waals surface area contributed by atoms with Crippen LogP contribution >= 0.6 is 0 Å². The van der Waals surface area contributed by atoms with E-state index in [2.05, 4.69) is 13.8 Å². The van der Waals surface area contributed by atoms with Crippen molar-refractivity contribution < 1.29 is 9.59 Å². The number of carbonyl (C=O) groups is 2. The highest BCUT2D eigenvalue weighted by molar-refractivity contribution is 5.99. The van der Waals surface area contributed by atoms with Gasteiger partial charge < -0.3 is 0 Å². The van der Waals surface area contributed by atoms with Gasteiger partial charge in [0.05, 0.1) is 0 Å². The molecule has 1 aliphatic carbocycles. The van der Waals surface area contributed by atoms with Crippen molar-refractivity contribution in [2.45, 2.75) is 26.7 Å². The lowest BCUT2D eigenvalue weighted by Gasteiger charge is -2.29. The molecule has 0 unspecified atom stereocenters. The van der Waals surface area contributed by atoms with E-state index in [1.165, 1.54) is 0 Å². The summed E-state index contributed by atoms with van der Waals surface area (Å²) in [7, 11) is 0. The second kappa shape index (κ2) is 4.28. The summed E-state index contributed by atoms with van der Waals surface area (Å²) < 4.78 is 0. The molecule has 2 heteroatoms.